The van der Waals surface area contributed by atoms with Gasteiger partial charge in [0.15, 0.2) is 10.9 Å². The number of aromatic amines is 1. The molecule has 1 atom stereocenters. The van der Waals surface area contributed by atoms with Crippen LogP contribution in [0.5, 0.6) is 0 Å². The average Bonchev–Trinajstić information content (AvgIpc) is 2.65. The molecule has 0 aliphatic carbocycles. The molecular formula is C7H14N3O4PS. The first kappa shape index (κ1) is 15.3. The zero-order chi connectivity index (χ0) is 12.6. The van der Waals surface area contributed by atoms with Crippen molar-refractivity contribution in [3.8, 4) is 0 Å². The van der Waals surface area contributed by atoms with Crippen LogP contribution in [-0.2, 0) is 9.36 Å². The fourth-order valence-electron chi connectivity index (χ4n) is 0.893. The maximum atomic E-state index is 10.8. The number of H-pyrrole nitrogens is 1. The number of aromatic nitrogens is 3. The van der Waals surface area contributed by atoms with Gasteiger partial charge in [-0.3, -0.25) is 14.5 Å². The molecule has 0 fully saturated rings. The number of nitrogens with zero attached hydrogens (tertiary/aromatic N) is 2. The van der Waals surface area contributed by atoms with Gasteiger partial charge in [-0.25, -0.2) is 4.98 Å². The minimum absolute atomic E-state index is 0.0914. The molecule has 7 nitrogen and oxygen atoms in total. The van der Waals surface area contributed by atoms with Crippen LogP contribution in [0, 0.1) is 0 Å². The summed E-state index contributed by atoms with van der Waals surface area (Å²) in [6, 6.07) is 0. The zero-order valence-electron chi connectivity index (χ0n) is 8.88. The monoisotopic (exact) mass is 267 g/mol. The number of rotatable bonds is 3. The van der Waals surface area contributed by atoms with E-state index in [9.17, 15) is 4.79 Å². The second-order valence-corrected chi connectivity index (χ2v) is 4.59. The number of thioether (sulfide) groups is 1. The van der Waals surface area contributed by atoms with Crippen molar-refractivity contribution in [3.63, 3.8) is 0 Å². The van der Waals surface area contributed by atoms with Crippen LogP contribution in [-0.4, -0.2) is 30.1 Å². The van der Waals surface area contributed by atoms with E-state index in [1.807, 2.05) is 6.92 Å². The third-order valence-electron chi connectivity index (χ3n) is 1.40. The molecule has 0 aliphatic rings. The maximum Gasteiger partial charge on any atom is 0.314 e. The summed E-state index contributed by atoms with van der Waals surface area (Å²) in [5.74, 6) is 0.706. The van der Waals surface area contributed by atoms with Crippen LogP contribution >= 0.6 is 20.0 Å². The minimum atomic E-state index is -3.13. The summed E-state index contributed by atoms with van der Waals surface area (Å²) in [6.45, 7) is 3.57. The van der Waals surface area contributed by atoms with E-state index < -0.39 is 8.25 Å². The second kappa shape index (κ2) is 8.46. The van der Waals surface area contributed by atoms with Gasteiger partial charge in [0.2, 0.25) is 0 Å². The van der Waals surface area contributed by atoms with Gasteiger partial charge in [-0.05, 0) is 6.42 Å². The molecule has 16 heavy (non-hydrogen) atoms. The lowest BCUT2D eigenvalue weighted by molar-refractivity contribution is -0.109. The molecule has 1 rings (SSSR count). The highest BCUT2D eigenvalue weighted by molar-refractivity contribution is 8.13. The lowest BCUT2D eigenvalue weighted by atomic mass is 10.3. The standard InChI is InChI=1S/C7H11N3OS.H3O3P/c1-3-6(12-5(2)11)7-8-4-9-10-7;1-4(2)3/h4,6H,3H2,1-2H3,(H,8,9,10);4H,(H2,1,2,3). The lowest BCUT2D eigenvalue weighted by Gasteiger charge is -2.06. The van der Waals surface area contributed by atoms with Crippen molar-refractivity contribution in [2.75, 3.05) is 0 Å². The smallest absolute Gasteiger partial charge is 0.314 e. The van der Waals surface area contributed by atoms with E-state index in [4.69, 9.17) is 14.4 Å². The molecule has 0 aromatic carbocycles. The summed E-state index contributed by atoms with van der Waals surface area (Å²) in [5, 5.41) is 6.76. The molecule has 0 bridgehead atoms. The molecule has 0 aliphatic heterocycles. The van der Waals surface area contributed by atoms with Crippen molar-refractivity contribution in [2.24, 2.45) is 0 Å². The van der Waals surface area contributed by atoms with Gasteiger partial charge in [0.05, 0.1) is 5.25 Å². The summed E-state index contributed by atoms with van der Waals surface area (Å²) < 4.78 is 8.74. The van der Waals surface area contributed by atoms with Gasteiger partial charge in [-0.15, -0.1) is 0 Å². The van der Waals surface area contributed by atoms with E-state index in [1.54, 1.807) is 6.92 Å². The lowest BCUT2D eigenvalue weighted by Crippen LogP contribution is -1.98. The Labute approximate surface area is 97.6 Å². The predicted octanol–water partition coefficient (Wildman–Crippen LogP) is 0.896. The first-order valence-corrected chi connectivity index (χ1v) is 6.60. The highest BCUT2D eigenvalue weighted by Crippen LogP contribution is 2.29. The summed E-state index contributed by atoms with van der Waals surface area (Å²) in [5.41, 5.74) is 0. The molecule has 0 radical (unpaired) electrons. The Morgan fingerprint density at radius 1 is 1.69 bits per heavy atom. The molecule has 1 aromatic rings. The summed E-state index contributed by atoms with van der Waals surface area (Å²) in [4.78, 5) is 29.1. The Balaban J connectivity index is 0.000000487. The van der Waals surface area contributed by atoms with Crippen molar-refractivity contribution in [1.82, 2.24) is 15.2 Å². The Hall–Kier alpha value is -0.690. The molecule has 0 saturated carbocycles. The second-order valence-electron chi connectivity index (χ2n) is 2.65. The number of carbonyl (C=O) groups excluding carboxylic acids is 1. The van der Waals surface area contributed by atoms with E-state index in [1.165, 1.54) is 18.1 Å². The quantitative estimate of drug-likeness (QED) is 0.696. The van der Waals surface area contributed by atoms with Crippen LogP contribution in [0.25, 0.3) is 0 Å². The first-order chi connectivity index (χ1) is 7.47. The molecule has 9 heteroatoms. The number of carbonyl (C=O) groups is 1. The summed E-state index contributed by atoms with van der Waals surface area (Å²) in [6.07, 6.45) is 2.39. The molecule has 3 N–H and O–H groups in total. The minimum Gasteiger partial charge on any atom is -0.326 e. The molecule has 0 amide bonds. The Morgan fingerprint density at radius 3 is 2.56 bits per heavy atom. The van der Waals surface area contributed by atoms with E-state index in [0.29, 0.717) is 5.82 Å². The van der Waals surface area contributed by atoms with Crippen LogP contribution in [0.4, 0.5) is 0 Å². The largest absolute Gasteiger partial charge is 0.326 e. The molecule has 0 saturated heterocycles. The number of nitrogens with one attached hydrogen (secondary N) is 1. The van der Waals surface area contributed by atoms with Gasteiger partial charge < -0.3 is 9.79 Å². The Morgan fingerprint density at radius 2 is 2.25 bits per heavy atom. The first-order valence-electron chi connectivity index (χ1n) is 4.42. The van der Waals surface area contributed by atoms with Gasteiger partial charge in [-0.1, -0.05) is 18.7 Å². The van der Waals surface area contributed by atoms with Crippen LogP contribution in [0.2, 0.25) is 0 Å². The molecule has 1 unspecified atom stereocenters. The molecule has 0 spiro atoms. The van der Waals surface area contributed by atoms with Gasteiger partial charge in [0.25, 0.3) is 0 Å². The Bertz CT molecular complexity index is 328. The summed E-state index contributed by atoms with van der Waals surface area (Å²) in [7, 11) is -3.13. The van der Waals surface area contributed by atoms with Crippen molar-refractivity contribution >= 4 is 25.1 Å². The molecular weight excluding hydrogens is 253 g/mol. The highest BCUT2D eigenvalue weighted by atomic mass is 32.2. The highest BCUT2D eigenvalue weighted by Gasteiger charge is 2.15. The van der Waals surface area contributed by atoms with Gasteiger partial charge in [0.1, 0.15) is 6.33 Å². The molecule has 92 valence electrons. The van der Waals surface area contributed by atoms with E-state index in [-0.39, 0.29) is 10.4 Å². The summed E-state index contributed by atoms with van der Waals surface area (Å²) >= 11 is 1.27. The maximum absolute atomic E-state index is 10.8. The molecule has 1 aromatic heterocycles. The normalized spacial score (nSPS) is 11.8. The van der Waals surface area contributed by atoms with Gasteiger partial charge in [-0.2, -0.15) is 5.10 Å². The van der Waals surface area contributed by atoms with Crippen molar-refractivity contribution in [2.45, 2.75) is 25.5 Å². The fraction of sp³-hybridized carbons (Fsp3) is 0.571. The average molecular weight is 267 g/mol. The SMILES string of the molecule is CCC(SC(C)=O)c1nc[nH]n1.O=[PH](O)O. The topological polar surface area (TPSA) is 116 Å². The number of hydrogen-bond acceptors (Lipinski definition) is 5. The number of hydrogen-bond donors (Lipinski definition) is 3. The van der Waals surface area contributed by atoms with E-state index >= 15 is 0 Å². The van der Waals surface area contributed by atoms with Gasteiger partial charge in [0, 0.05) is 6.92 Å². The van der Waals surface area contributed by atoms with E-state index in [0.717, 1.165) is 6.42 Å². The van der Waals surface area contributed by atoms with Crippen molar-refractivity contribution in [1.29, 1.82) is 0 Å². The third kappa shape index (κ3) is 7.58. The van der Waals surface area contributed by atoms with Crippen molar-refractivity contribution < 1.29 is 19.1 Å². The molecule has 1 heterocycles. The van der Waals surface area contributed by atoms with Crippen LogP contribution in [0.15, 0.2) is 6.33 Å². The van der Waals surface area contributed by atoms with Crippen LogP contribution in [0.3, 0.4) is 0 Å². The fourth-order valence-corrected chi connectivity index (χ4v) is 1.68. The zero-order valence-corrected chi connectivity index (χ0v) is 10.7. The van der Waals surface area contributed by atoms with E-state index in [2.05, 4.69) is 15.2 Å². The van der Waals surface area contributed by atoms with Crippen LogP contribution in [0.1, 0.15) is 31.3 Å². The van der Waals surface area contributed by atoms with Crippen LogP contribution < -0.4 is 0 Å². The Kier molecular flexibility index (Phi) is 8.10. The third-order valence-corrected chi connectivity index (χ3v) is 2.56. The van der Waals surface area contributed by atoms with Crippen molar-refractivity contribution in [3.05, 3.63) is 12.2 Å². The van der Waals surface area contributed by atoms with Gasteiger partial charge >= 0.3 is 8.25 Å². The predicted molar refractivity (Wildman–Crippen MR) is 61.1 cm³/mol.